The van der Waals surface area contributed by atoms with Crippen molar-refractivity contribution in [3.05, 3.63) is 35.4 Å². The molecule has 3 nitrogen and oxygen atoms in total. The second kappa shape index (κ2) is 6.44. The van der Waals surface area contributed by atoms with Crippen molar-refractivity contribution >= 4 is 22.8 Å². The molecule has 0 atom stereocenters. The first-order chi connectivity index (χ1) is 9.83. The van der Waals surface area contributed by atoms with E-state index in [1.165, 1.54) is 37.7 Å². The van der Waals surface area contributed by atoms with E-state index in [0.717, 1.165) is 23.0 Å². The number of hydrogen-bond donors (Lipinski definition) is 1. The minimum Gasteiger partial charge on any atom is -0.301 e. The predicted molar refractivity (Wildman–Crippen MR) is 84.5 cm³/mol. The SMILES string of the molecule is O=C(NC1=NCCS1)c1ccc(C2CCCCC2)cc1. The van der Waals surface area contributed by atoms with E-state index in [9.17, 15) is 4.79 Å². The van der Waals surface area contributed by atoms with Gasteiger partial charge in [-0.15, -0.1) is 0 Å². The Morgan fingerprint density at radius 3 is 2.55 bits per heavy atom. The number of carbonyl (C=O) groups is 1. The van der Waals surface area contributed by atoms with Gasteiger partial charge in [0, 0.05) is 11.3 Å². The molecule has 2 aliphatic rings. The maximum Gasteiger partial charge on any atom is 0.257 e. The molecule has 1 N–H and O–H groups in total. The van der Waals surface area contributed by atoms with Crippen LogP contribution in [0.15, 0.2) is 29.3 Å². The van der Waals surface area contributed by atoms with E-state index >= 15 is 0 Å². The zero-order valence-corrected chi connectivity index (χ0v) is 12.4. The number of amides is 1. The van der Waals surface area contributed by atoms with Gasteiger partial charge in [0.05, 0.1) is 6.54 Å². The Bertz CT molecular complexity index is 504. The Morgan fingerprint density at radius 1 is 1.15 bits per heavy atom. The molecule has 4 heteroatoms. The highest BCUT2D eigenvalue weighted by molar-refractivity contribution is 8.14. The molecule has 0 radical (unpaired) electrons. The highest BCUT2D eigenvalue weighted by atomic mass is 32.2. The van der Waals surface area contributed by atoms with Crippen molar-refractivity contribution in [3.63, 3.8) is 0 Å². The highest BCUT2D eigenvalue weighted by Gasteiger charge is 2.16. The maximum atomic E-state index is 12.1. The first-order valence-electron chi connectivity index (χ1n) is 7.41. The maximum absolute atomic E-state index is 12.1. The molecule has 0 bridgehead atoms. The summed E-state index contributed by atoms with van der Waals surface area (Å²) in [6, 6.07) is 8.13. The van der Waals surface area contributed by atoms with Gasteiger partial charge in [0.25, 0.3) is 5.91 Å². The fourth-order valence-electron chi connectivity index (χ4n) is 2.92. The highest BCUT2D eigenvalue weighted by Crippen LogP contribution is 2.32. The van der Waals surface area contributed by atoms with Gasteiger partial charge in [-0.05, 0) is 36.5 Å². The molecule has 1 aromatic rings. The Labute approximate surface area is 124 Å². The summed E-state index contributed by atoms with van der Waals surface area (Å²) in [4.78, 5) is 16.3. The molecule has 106 valence electrons. The molecule has 0 unspecified atom stereocenters. The summed E-state index contributed by atoms with van der Waals surface area (Å²) in [6.07, 6.45) is 6.63. The Morgan fingerprint density at radius 2 is 1.90 bits per heavy atom. The lowest BCUT2D eigenvalue weighted by Gasteiger charge is -2.22. The largest absolute Gasteiger partial charge is 0.301 e. The van der Waals surface area contributed by atoms with Gasteiger partial charge in [-0.25, -0.2) is 0 Å². The lowest BCUT2D eigenvalue weighted by Crippen LogP contribution is -2.27. The monoisotopic (exact) mass is 288 g/mol. The van der Waals surface area contributed by atoms with Crippen molar-refractivity contribution in [2.45, 2.75) is 38.0 Å². The number of thioether (sulfide) groups is 1. The third-order valence-electron chi connectivity index (χ3n) is 4.06. The first kappa shape index (κ1) is 13.7. The summed E-state index contributed by atoms with van der Waals surface area (Å²) in [6.45, 7) is 0.806. The van der Waals surface area contributed by atoms with E-state index in [-0.39, 0.29) is 5.91 Å². The van der Waals surface area contributed by atoms with Crippen LogP contribution in [0.1, 0.15) is 53.9 Å². The van der Waals surface area contributed by atoms with Crippen LogP contribution in [-0.4, -0.2) is 23.4 Å². The zero-order chi connectivity index (χ0) is 13.8. The molecule has 1 amide bonds. The molecule has 1 aliphatic heterocycles. The van der Waals surface area contributed by atoms with Gasteiger partial charge in [0.1, 0.15) is 0 Å². The molecular weight excluding hydrogens is 268 g/mol. The Balaban J connectivity index is 1.64. The number of rotatable bonds is 2. The number of hydrogen-bond acceptors (Lipinski definition) is 3. The van der Waals surface area contributed by atoms with Gasteiger partial charge in [-0.2, -0.15) is 0 Å². The van der Waals surface area contributed by atoms with E-state index in [4.69, 9.17) is 0 Å². The fraction of sp³-hybridized carbons (Fsp3) is 0.500. The van der Waals surface area contributed by atoms with Crippen molar-refractivity contribution < 1.29 is 4.79 Å². The second-order valence-electron chi connectivity index (χ2n) is 5.45. The second-order valence-corrected chi connectivity index (χ2v) is 6.53. The van der Waals surface area contributed by atoms with Crippen LogP contribution in [0, 0.1) is 0 Å². The molecule has 3 rings (SSSR count). The normalized spacial score (nSPS) is 19.7. The number of carbonyl (C=O) groups excluding carboxylic acids is 1. The quantitative estimate of drug-likeness (QED) is 0.904. The van der Waals surface area contributed by atoms with Gasteiger partial charge < -0.3 is 5.32 Å². The number of nitrogens with zero attached hydrogens (tertiary/aromatic N) is 1. The van der Waals surface area contributed by atoms with Crippen molar-refractivity contribution in [2.24, 2.45) is 4.99 Å². The topological polar surface area (TPSA) is 41.5 Å². The van der Waals surface area contributed by atoms with Crippen LogP contribution in [0.2, 0.25) is 0 Å². The van der Waals surface area contributed by atoms with Crippen molar-refractivity contribution in [1.82, 2.24) is 5.32 Å². The summed E-state index contributed by atoms with van der Waals surface area (Å²) in [5.41, 5.74) is 2.11. The molecular formula is C16H20N2OS. The van der Waals surface area contributed by atoms with Gasteiger partial charge in [0.2, 0.25) is 0 Å². The van der Waals surface area contributed by atoms with E-state index in [1.807, 2.05) is 12.1 Å². The van der Waals surface area contributed by atoms with Gasteiger partial charge >= 0.3 is 0 Å². The Kier molecular flexibility index (Phi) is 4.41. The van der Waals surface area contributed by atoms with Crippen LogP contribution in [0.3, 0.4) is 0 Å². The van der Waals surface area contributed by atoms with Crippen LogP contribution < -0.4 is 5.32 Å². The molecule has 1 aromatic carbocycles. The summed E-state index contributed by atoms with van der Waals surface area (Å²) in [7, 11) is 0. The van der Waals surface area contributed by atoms with Crippen LogP contribution in [-0.2, 0) is 0 Å². The van der Waals surface area contributed by atoms with Gasteiger partial charge in [-0.1, -0.05) is 43.2 Å². The van der Waals surface area contributed by atoms with Crippen molar-refractivity contribution in [1.29, 1.82) is 0 Å². The average Bonchev–Trinajstić information content (AvgIpc) is 3.01. The molecule has 1 saturated carbocycles. The predicted octanol–water partition coefficient (Wildman–Crippen LogP) is 3.57. The summed E-state index contributed by atoms with van der Waals surface area (Å²) in [5.74, 6) is 1.61. The fourth-order valence-corrected chi connectivity index (χ4v) is 3.65. The molecule has 0 saturated heterocycles. The smallest absolute Gasteiger partial charge is 0.257 e. The van der Waals surface area contributed by atoms with E-state index in [2.05, 4.69) is 22.4 Å². The minimum absolute atomic E-state index is 0.0478. The summed E-state index contributed by atoms with van der Waals surface area (Å²) >= 11 is 1.61. The number of nitrogens with one attached hydrogen (secondary N) is 1. The standard InChI is InChI=1S/C16H20N2OS/c19-15(18-16-17-10-11-20-16)14-8-6-13(7-9-14)12-4-2-1-3-5-12/h6-9,12H,1-5,10-11H2,(H,17,18,19). The number of aliphatic imine (C=N–C) groups is 1. The Hall–Kier alpha value is -1.29. The molecule has 1 heterocycles. The third kappa shape index (κ3) is 3.23. The van der Waals surface area contributed by atoms with E-state index < -0.39 is 0 Å². The van der Waals surface area contributed by atoms with Gasteiger partial charge in [-0.3, -0.25) is 9.79 Å². The molecule has 1 aliphatic carbocycles. The van der Waals surface area contributed by atoms with Crippen LogP contribution in [0.25, 0.3) is 0 Å². The average molecular weight is 288 g/mol. The first-order valence-corrected chi connectivity index (χ1v) is 8.40. The van der Waals surface area contributed by atoms with Crippen LogP contribution in [0.4, 0.5) is 0 Å². The third-order valence-corrected chi connectivity index (χ3v) is 4.95. The van der Waals surface area contributed by atoms with E-state index in [0.29, 0.717) is 5.92 Å². The van der Waals surface area contributed by atoms with Crippen LogP contribution in [0.5, 0.6) is 0 Å². The summed E-state index contributed by atoms with van der Waals surface area (Å²) in [5, 5.41) is 3.62. The molecule has 1 fully saturated rings. The van der Waals surface area contributed by atoms with Crippen molar-refractivity contribution in [2.75, 3.05) is 12.3 Å². The van der Waals surface area contributed by atoms with Crippen molar-refractivity contribution in [3.8, 4) is 0 Å². The number of benzene rings is 1. The van der Waals surface area contributed by atoms with E-state index in [1.54, 1.807) is 11.8 Å². The summed E-state index contributed by atoms with van der Waals surface area (Å²) < 4.78 is 0. The zero-order valence-electron chi connectivity index (χ0n) is 11.6. The number of amidine groups is 1. The van der Waals surface area contributed by atoms with Gasteiger partial charge in [0.15, 0.2) is 5.17 Å². The van der Waals surface area contributed by atoms with Crippen LogP contribution >= 0.6 is 11.8 Å². The molecule has 20 heavy (non-hydrogen) atoms. The lowest BCUT2D eigenvalue weighted by atomic mass is 9.84. The molecule has 0 spiro atoms. The lowest BCUT2D eigenvalue weighted by molar-refractivity contribution is 0.0978. The minimum atomic E-state index is -0.0478. The molecule has 0 aromatic heterocycles.